The summed E-state index contributed by atoms with van der Waals surface area (Å²) in [6.45, 7) is 3.17. The molecule has 2 N–H and O–H groups in total. The largest absolute Gasteiger partial charge is 0.480 e. The molecule has 9 nitrogen and oxygen atoms in total. The molecule has 2 fully saturated rings. The number of rotatable bonds is 8. The van der Waals surface area contributed by atoms with E-state index in [1.54, 1.807) is 12.1 Å². The normalized spacial score (nSPS) is 17.4. The Morgan fingerprint density at radius 2 is 1.58 bits per heavy atom. The second kappa shape index (κ2) is 12.4. The van der Waals surface area contributed by atoms with Crippen LogP contribution in [0.15, 0.2) is 77.3 Å². The Labute approximate surface area is 249 Å². The number of hydrazine groups is 1. The maximum Gasteiger partial charge on any atom is 0.319 e. The number of aliphatic carboxylic acids is 1. The van der Waals surface area contributed by atoms with E-state index < -0.39 is 17.3 Å². The highest BCUT2D eigenvalue weighted by molar-refractivity contribution is 6.01. The van der Waals surface area contributed by atoms with Gasteiger partial charge in [0.2, 0.25) is 5.82 Å². The molecule has 6 rings (SSSR count). The molecule has 1 aromatic heterocycles. The van der Waals surface area contributed by atoms with E-state index >= 15 is 0 Å². The predicted molar refractivity (Wildman–Crippen MR) is 159 cm³/mol. The molecule has 1 amide bonds. The molecule has 0 bridgehead atoms. The first-order chi connectivity index (χ1) is 20.9. The van der Waals surface area contributed by atoms with Gasteiger partial charge in [-0.3, -0.25) is 19.9 Å². The summed E-state index contributed by atoms with van der Waals surface area (Å²) >= 11 is 0. The molecule has 0 aliphatic carbocycles. The third-order valence-corrected chi connectivity index (χ3v) is 8.51. The number of nitrogens with one attached hydrogen (secondary N) is 1. The highest BCUT2D eigenvalue weighted by atomic mass is 19.1. The molecule has 0 saturated carbocycles. The van der Waals surface area contributed by atoms with E-state index in [1.165, 1.54) is 6.07 Å². The Kier molecular flexibility index (Phi) is 8.31. The van der Waals surface area contributed by atoms with Gasteiger partial charge in [-0.15, -0.1) is 0 Å². The number of hydrogen-bond donors (Lipinski definition) is 2. The van der Waals surface area contributed by atoms with Crippen LogP contribution in [0.1, 0.15) is 37.7 Å². The highest BCUT2D eigenvalue weighted by Gasteiger charge is 2.48. The summed E-state index contributed by atoms with van der Waals surface area (Å²) < 4.78 is 20.3. The van der Waals surface area contributed by atoms with Crippen molar-refractivity contribution in [2.24, 2.45) is 5.41 Å². The van der Waals surface area contributed by atoms with Crippen LogP contribution in [0.3, 0.4) is 0 Å². The monoisotopic (exact) mass is 583 g/mol. The molecular weight excluding hydrogens is 549 g/mol. The van der Waals surface area contributed by atoms with E-state index in [-0.39, 0.29) is 24.5 Å². The van der Waals surface area contributed by atoms with Crippen molar-refractivity contribution in [1.29, 1.82) is 0 Å². The number of carbonyl (C=O) groups is 2. The van der Waals surface area contributed by atoms with Gasteiger partial charge in [0.15, 0.2) is 0 Å². The summed E-state index contributed by atoms with van der Waals surface area (Å²) in [7, 11) is 0. The average Bonchev–Trinajstić information content (AvgIpc) is 3.53. The summed E-state index contributed by atoms with van der Waals surface area (Å²) in [5, 5.41) is 16.0. The SMILES string of the molecule is O=C(O)C1(C(=O)NN2CCCCC2)CCN(Cc2ccc(-c3noc(-c4ccc(-c5ccccc5)c(F)c4)n3)cc2)CC1. The molecule has 43 heavy (non-hydrogen) atoms. The van der Waals surface area contributed by atoms with Gasteiger partial charge in [-0.2, -0.15) is 4.98 Å². The van der Waals surface area contributed by atoms with E-state index in [9.17, 15) is 19.1 Å². The van der Waals surface area contributed by atoms with Gasteiger partial charge in [0.05, 0.1) is 0 Å². The standard InChI is InChI=1S/C33H34FN5O4/c34-28-21-26(13-14-27(28)24-7-3-1-4-8-24)30-35-29(37-43-30)25-11-9-23(10-12-25)22-38-19-15-33(16-20-38,32(41)42)31(40)36-39-17-5-2-6-18-39/h1,3-4,7-14,21H,2,5-6,15-20,22H2,(H,36,40)(H,41,42). The lowest BCUT2D eigenvalue weighted by molar-refractivity contribution is -0.161. The third-order valence-electron chi connectivity index (χ3n) is 8.51. The molecule has 3 aromatic carbocycles. The Morgan fingerprint density at radius 3 is 2.26 bits per heavy atom. The van der Waals surface area contributed by atoms with E-state index in [1.807, 2.05) is 59.6 Å². The third kappa shape index (κ3) is 6.21. The lowest BCUT2D eigenvalue weighted by Crippen LogP contribution is -2.57. The average molecular weight is 584 g/mol. The molecule has 2 aliphatic rings. The number of carboxylic acids is 1. The number of likely N-dealkylation sites (tertiary alicyclic amines) is 1. The zero-order chi connectivity index (χ0) is 29.8. The molecule has 222 valence electrons. The Bertz CT molecular complexity index is 1580. The van der Waals surface area contributed by atoms with Gasteiger partial charge in [-0.1, -0.05) is 72.2 Å². The zero-order valence-electron chi connectivity index (χ0n) is 23.8. The summed E-state index contributed by atoms with van der Waals surface area (Å²) in [6, 6.07) is 22.0. The fraction of sp³-hybridized carbons (Fsp3) is 0.333. The van der Waals surface area contributed by atoms with Gasteiger partial charge in [0.1, 0.15) is 11.2 Å². The van der Waals surface area contributed by atoms with Crippen molar-refractivity contribution in [3.05, 3.63) is 84.2 Å². The quantitative estimate of drug-likeness (QED) is 0.266. The topological polar surface area (TPSA) is 112 Å². The van der Waals surface area contributed by atoms with Crippen LogP contribution in [0.2, 0.25) is 0 Å². The van der Waals surface area contributed by atoms with Gasteiger partial charge in [-0.05, 0) is 48.9 Å². The van der Waals surface area contributed by atoms with Crippen molar-refractivity contribution in [2.75, 3.05) is 26.2 Å². The van der Waals surface area contributed by atoms with Gasteiger partial charge >= 0.3 is 5.97 Å². The van der Waals surface area contributed by atoms with E-state index in [2.05, 4.69) is 20.5 Å². The van der Waals surface area contributed by atoms with Crippen molar-refractivity contribution in [3.8, 4) is 34.0 Å². The summed E-state index contributed by atoms with van der Waals surface area (Å²) in [5.41, 5.74) is 5.08. The van der Waals surface area contributed by atoms with E-state index in [0.29, 0.717) is 36.6 Å². The minimum atomic E-state index is -1.40. The Hall–Kier alpha value is -4.41. The number of carbonyl (C=O) groups excluding carboxylic acids is 1. The molecule has 0 radical (unpaired) electrons. The first-order valence-electron chi connectivity index (χ1n) is 14.7. The van der Waals surface area contributed by atoms with E-state index in [4.69, 9.17) is 4.52 Å². The van der Waals surface area contributed by atoms with Gasteiger partial charge in [0.25, 0.3) is 11.8 Å². The minimum Gasteiger partial charge on any atom is -0.480 e. The second-order valence-electron chi connectivity index (χ2n) is 11.3. The first-order valence-corrected chi connectivity index (χ1v) is 14.7. The summed E-state index contributed by atoms with van der Waals surface area (Å²) in [4.78, 5) is 32.0. The molecule has 2 saturated heterocycles. The molecule has 0 unspecified atom stereocenters. The fourth-order valence-electron chi connectivity index (χ4n) is 5.86. The number of halogens is 1. The molecular formula is C33H34FN5O4. The second-order valence-corrected chi connectivity index (χ2v) is 11.3. The summed E-state index contributed by atoms with van der Waals surface area (Å²) in [5.74, 6) is -1.19. The molecule has 4 aromatic rings. The van der Waals surface area contributed by atoms with Crippen molar-refractivity contribution in [1.82, 2.24) is 25.5 Å². The van der Waals surface area contributed by atoms with Crippen molar-refractivity contribution < 1.29 is 23.6 Å². The minimum absolute atomic E-state index is 0.233. The fourth-order valence-corrected chi connectivity index (χ4v) is 5.86. The van der Waals surface area contributed by atoms with Gasteiger partial charge in [0, 0.05) is 49.4 Å². The number of nitrogens with zero attached hydrogens (tertiary/aromatic N) is 4. The number of piperidine rings is 2. The van der Waals surface area contributed by atoms with Crippen molar-refractivity contribution in [3.63, 3.8) is 0 Å². The van der Waals surface area contributed by atoms with Crippen LogP contribution in [0.25, 0.3) is 34.0 Å². The van der Waals surface area contributed by atoms with Crippen molar-refractivity contribution >= 4 is 11.9 Å². The highest BCUT2D eigenvalue weighted by Crippen LogP contribution is 2.34. The maximum absolute atomic E-state index is 14.9. The molecule has 2 aliphatic heterocycles. The molecule has 0 spiro atoms. The first kappa shape index (κ1) is 28.7. The molecule has 3 heterocycles. The van der Waals surface area contributed by atoms with Crippen LogP contribution >= 0.6 is 0 Å². The lowest BCUT2D eigenvalue weighted by atomic mass is 9.77. The predicted octanol–water partition coefficient (Wildman–Crippen LogP) is 5.39. The molecule has 0 atom stereocenters. The number of amides is 1. The number of carboxylic acid groups (broad SMARTS) is 1. The van der Waals surface area contributed by atoms with Crippen LogP contribution in [0.4, 0.5) is 4.39 Å². The number of aromatic nitrogens is 2. The van der Waals surface area contributed by atoms with Crippen LogP contribution < -0.4 is 5.43 Å². The Balaban J connectivity index is 1.07. The smallest absolute Gasteiger partial charge is 0.319 e. The van der Waals surface area contributed by atoms with Crippen molar-refractivity contribution in [2.45, 2.75) is 38.6 Å². The van der Waals surface area contributed by atoms with Gasteiger partial charge in [-0.25, -0.2) is 9.40 Å². The number of benzene rings is 3. The lowest BCUT2D eigenvalue weighted by Gasteiger charge is -2.39. The Morgan fingerprint density at radius 1 is 0.884 bits per heavy atom. The van der Waals surface area contributed by atoms with Crippen LogP contribution in [0, 0.1) is 11.2 Å². The molecule has 10 heteroatoms. The van der Waals surface area contributed by atoms with E-state index in [0.717, 1.165) is 49.0 Å². The van der Waals surface area contributed by atoms with Gasteiger partial charge < -0.3 is 9.63 Å². The van der Waals surface area contributed by atoms with Crippen LogP contribution in [-0.2, 0) is 16.1 Å². The van der Waals surface area contributed by atoms with Crippen LogP contribution in [0.5, 0.6) is 0 Å². The van der Waals surface area contributed by atoms with Crippen LogP contribution in [-0.4, -0.2) is 63.2 Å². The summed E-state index contributed by atoms with van der Waals surface area (Å²) in [6.07, 6.45) is 3.67. The number of hydrogen-bond acceptors (Lipinski definition) is 7. The zero-order valence-corrected chi connectivity index (χ0v) is 23.8. The maximum atomic E-state index is 14.9.